The van der Waals surface area contributed by atoms with Crippen molar-refractivity contribution in [3.63, 3.8) is 0 Å². The van der Waals surface area contributed by atoms with Crippen LogP contribution in [0, 0.1) is 23.0 Å². The summed E-state index contributed by atoms with van der Waals surface area (Å²) in [5.74, 6) is -2.13. The van der Waals surface area contributed by atoms with Crippen molar-refractivity contribution in [2.75, 3.05) is 5.32 Å². The Balaban J connectivity index is 2.34. The average molecular weight is 298 g/mol. The van der Waals surface area contributed by atoms with Gasteiger partial charge in [-0.3, -0.25) is 0 Å². The molecule has 2 rings (SSSR count). The van der Waals surface area contributed by atoms with Crippen molar-refractivity contribution < 1.29 is 22.0 Å². The first-order chi connectivity index (χ1) is 9.81. The van der Waals surface area contributed by atoms with Crippen LogP contribution in [0.15, 0.2) is 36.4 Å². The molecule has 2 aromatic rings. The number of halogens is 5. The molecule has 0 fully saturated rings. The molecule has 0 spiro atoms. The van der Waals surface area contributed by atoms with E-state index >= 15 is 0 Å². The molecular weight excluding hydrogens is 291 g/mol. The van der Waals surface area contributed by atoms with E-state index < -0.39 is 28.9 Å². The molecule has 108 valence electrons. The fourth-order valence-corrected chi connectivity index (χ4v) is 1.70. The molecule has 0 aliphatic heterocycles. The lowest BCUT2D eigenvalue weighted by molar-refractivity contribution is -0.137. The van der Waals surface area contributed by atoms with Gasteiger partial charge in [-0.25, -0.2) is 8.78 Å². The van der Waals surface area contributed by atoms with Gasteiger partial charge in [-0.05, 0) is 30.3 Å². The molecule has 1 N–H and O–H groups in total. The number of anilines is 2. The predicted octanol–water partition coefficient (Wildman–Crippen LogP) is 4.60. The van der Waals surface area contributed by atoms with Crippen molar-refractivity contribution in [2.24, 2.45) is 0 Å². The third-order valence-electron chi connectivity index (χ3n) is 2.65. The molecule has 0 heterocycles. The maximum atomic E-state index is 13.0. The fourth-order valence-electron chi connectivity index (χ4n) is 1.70. The first-order valence-electron chi connectivity index (χ1n) is 5.64. The normalized spacial score (nSPS) is 11.0. The molecule has 7 heteroatoms. The maximum Gasteiger partial charge on any atom is 0.417 e. The number of nitrogens with one attached hydrogen (secondary N) is 1. The molecule has 0 aliphatic carbocycles. The van der Waals surface area contributed by atoms with Gasteiger partial charge >= 0.3 is 6.18 Å². The van der Waals surface area contributed by atoms with E-state index in [-0.39, 0.29) is 11.4 Å². The second-order valence-corrected chi connectivity index (χ2v) is 4.12. The van der Waals surface area contributed by atoms with Gasteiger partial charge in [0.05, 0.1) is 17.2 Å². The Morgan fingerprint density at radius 1 is 0.905 bits per heavy atom. The van der Waals surface area contributed by atoms with Crippen molar-refractivity contribution in [1.29, 1.82) is 5.26 Å². The van der Waals surface area contributed by atoms with Crippen LogP contribution in [0.25, 0.3) is 0 Å². The maximum absolute atomic E-state index is 13.0. The SMILES string of the molecule is N#Cc1cc(Nc2ccc(F)c(F)c2)ccc1C(F)(F)F. The fraction of sp³-hybridized carbons (Fsp3) is 0.0714. The Morgan fingerprint density at radius 3 is 2.10 bits per heavy atom. The number of nitrogens with zero attached hydrogens (tertiary/aromatic N) is 1. The molecule has 0 atom stereocenters. The number of hydrogen-bond acceptors (Lipinski definition) is 2. The van der Waals surface area contributed by atoms with Crippen LogP contribution in [-0.2, 0) is 6.18 Å². The first-order valence-corrected chi connectivity index (χ1v) is 5.64. The molecule has 0 saturated heterocycles. The van der Waals surface area contributed by atoms with Crippen LogP contribution in [-0.4, -0.2) is 0 Å². The standard InChI is InChI=1S/C14H7F5N2/c15-12-4-2-10(6-13(12)16)21-9-1-3-11(14(17,18)19)8(5-9)7-20/h1-6,21H. The van der Waals surface area contributed by atoms with Crippen LogP contribution in [0.1, 0.15) is 11.1 Å². The third kappa shape index (κ3) is 3.28. The summed E-state index contributed by atoms with van der Waals surface area (Å²) in [6.07, 6.45) is -4.63. The smallest absolute Gasteiger partial charge is 0.355 e. The van der Waals surface area contributed by atoms with E-state index in [1.54, 1.807) is 0 Å². The van der Waals surface area contributed by atoms with Crippen LogP contribution < -0.4 is 5.32 Å². The minimum absolute atomic E-state index is 0.151. The molecule has 0 radical (unpaired) electrons. The highest BCUT2D eigenvalue weighted by molar-refractivity contribution is 5.62. The zero-order chi connectivity index (χ0) is 15.6. The Hall–Kier alpha value is -2.62. The highest BCUT2D eigenvalue weighted by atomic mass is 19.4. The lowest BCUT2D eigenvalue weighted by Crippen LogP contribution is -2.08. The van der Waals surface area contributed by atoms with Gasteiger partial charge in [-0.1, -0.05) is 0 Å². The minimum atomic E-state index is -4.63. The van der Waals surface area contributed by atoms with Gasteiger partial charge < -0.3 is 5.32 Å². The van der Waals surface area contributed by atoms with Crippen LogP contribution in [0.4, 0.5) is 33.3 Å². The second-order valence-electron chi connectivity index (χ2n) is 4.12. The Labute approximate surface area is 116 Å². The number of nitriles is 1. The Morgan fingerprint density at radius 2 is 1.52 bits per heavy atom. The van der Waals surface area contributed by atoms with E-state index in [2.05, 4.69) is 5.32 Å². The zero-order valence-electron chi connectivity index (χ0n) is 10.3. The predicted molar refractivity (Wildman–Crippen MR) is 65.8 cm³/mol. The molecule has 0 unspecified atom stereocenters. The van der Waals surface area contributed by atoms with Gasteiger partial charge in [-0.15, -0.1) is 0 Å². The summed E-state index contributed by atoms with van der Waals surface area (Å²) in [5, 5.41) is 11.4. The minimum Gasteiger partial charge on any atom is -0.355 e. The summed E-state index contributed by atoms with van der Waals surface area (Å²) in [7, 11) is 0. The quantitative estimate of drug-likeness (QED) is 0.822. The van der Waals surface area contributed by atoms with E-state index in [4.69, 9.17) is 5.26 Å². The van der Waals surface area contributed by atoms with Crippen molar-refractivity contribution in [3.05, 3.63) is 59.2 Å². The Kier molecular flexibility index (Phi) is 3.80. The highest BCUT2D eigenvalue weighted by Gasteiger charge is 2.33. The summed E-state index contributed by atoms with van der Waals surface area (Å²) in [6, 6.07) is 7.26. The van der Waals surface area contributed by atoms with E-state index in [1.165, 1.54) is 12.1 Å². The lowest BCUT2D eigenvalue weighted by atomic mass is 10.1. The van der Waals surface area contributed by atoms with Crippen LogP contribution in [0.3, 0.4) is 0 Å². The van der Waals surface area contributed by atoms with Gasteiger partial charge in [0.25, 0.3) is 0 Å². The van der Waals surface area contributed by atoms with Gasteiger partial charge in [0.2, 0.25) is 0 Å². The molecule has 0 bridgehead atoms. The monoisotopic (exact) mass is 298 g/mol. The molecule has 2 aromatic carbocycles. The van der Waals surface area contributed by atoms with Crippen LogP contribution in [0.5, 0.6) is 0 Å². The van der Waals surface area contributed by atoms with Crippen molar-refractivity contribution in [1.82, 2.24) is 0 Å². The number of alkyl halides is 3. The molecule has 0 amide bonds. The van der Waals surface area contributed by atoms with Gasteiger partial charge in [0.1, 0.15) is 0 Å². The first kappa shape index (κ1) is 14.8. The van der Waals surface area contributed by atoms with E-state index in [1.807, 2.05) is 0 Å². The lowest BCUT2D eigenvalue weighted by Gasteiger charge is -2.11. The summed E-state index contributed by atoms with van der Waals surface area (Å²) in [5.41, 5.74) is -1.31. The second kappa shape index (κ2) is 5.40. The molecular formula is C14H7F5N2. The van der Waals surface area contributed by atoms with Gasteiger partial charge in [0.15, 0.2) is 11.6 Å². The third-order valence-corrected chi connectivity index (χ3v) is 2.65. The summed E-state index contributed by atoms with van der Waals surface area (Å²) < 4.78 is 63.7. The number of rotatable bonds is 2. The summed E-state index contributed by atoms with van der Waals surface area (Å²) in [4.78, 5) is 0. The van der Waals surface area contributed by atoms with Crippen molar-refractivity contribution in [3.8, 4) is 6.07 Å². The van der Waals surface area contributed by atoms with Crippen LogP contribution in [0.2, 0.25) is 0 Å². The molecule has 0 saturated carbocycles. The van der Waals surface area contributed by atoms with Crippen molar-refractivity contribution in [2.45, 2.75) is 6.18 Å². The topological polar surface area (TPSA) is 35.8 Å². The highest BCUT2D eigenvalue weighted by Crippen LogP contribution is 2.33. The van der Waals surface area contributed by atoms with Crippen molar-refractivity contribution >= 4 is 11.4 Å². The molecule has 0 aromatic heterocycles. The Bertz CT molecular complexity index is 716. The van der Waals surface area contributed by atoms with Gasteiger partial charge in [-0.2, -0.15) is 18.4 Å². The van der Waals surface area contributed by atoms with Crippen LogP contribution >= 0.6 is 0 Å². The zero-order valence-corrected chi connectivity index (χ0v) is 10.3. The summed E-state index contributed by atoms with van der Waals surface area (Å²) >= 11 is 0. The molecule has 2 nitrogen and oxygen atoms in total. The van der Waals surface area contributed by atoms with E-state index in [0.29, 0.717) is 0 Å². The van der Waals surface area contributed by atoms with E-state index in [0.717, 1.165) is 30.3 Å². The molecule has 21 heavy (non-hydrogen) atoms. The largest absolute Gasteiger partial charge is 0.417 e. The number of benzene rings is 2. The van der Waals surface area contributed by atoms with E-state index in [9.17, 15) is 22.0 Å². The number of hydrogen-bond donors (Lipinski definition) is 1. The van der Waals surface area contributed by atoms with Gasteiger partial charge in [0, 0.05) is 17.4 Å². The summed E-state index contributed by atoms with van der Waals surface area (Å²) in [6.45, 7) is 0. The average Bonchev–Trinajstić information content (AvgIpc) is 2.41. The molecule has 0 aliphatic rings.